The van der Waals surface area contributed by atoms with Crippen LogP contribution in [0.4, 0.5) is 0 Å². The third kappa shape index (κ3) is 3.12. The number of aromatic nitrogens is 3. The van der Waals surface area contributed by atoms with E-state index in [1.165, 1.54) is 16.7 Å². The minimum Gasteiger partial charge on any atom is -0.297 e. The molecule has 0 aliphatic heterocycles. The molecule has 21 heavy (non-hydrogen) atoms. The van der Waals surface area contributed by atoms with Crippen LogP contribution in [-0.2, 0) is 26.4 Å². The molecule has 1 heterocycles. The van der Waals surface area contributed by atoms with Crippen molar-refractivity contribution in [2.45, 2.75) is 23.5 Å². The molecule has 2 rings (SSSR count). The number of hydrogen-bond acceptors (Lipinski definition) is 6. The Bertz CT molecular complexity index is 885. The van der Waals surface area contributed by atoms with Crippen LogP contribution in [-0.4, -0.2) is 37.9 Å². The third-order valence-corrected chi connectivity index (χ3v) is 4.73. The highest BCUT2D eigenvalue weighted by molar-refractivity contribution is 7.90. The quantitative estimate of drug-likeness (QED) is 0.842. The van der Waals surface area contributed by atoms with Crippen molar-refractivity contribution in [2.75, 3.05) is 6.26 Å². The van der Waals surface area contributed by atoms with Crippen molar-refractivity contribution in [3.63, 3.8) is 0 Å². The molecule has 0 fully saturated rings. The van der Waals surface area contributed by atoms with E-state index in [1.807, 2.05) is 0 Å². The number of primary sulfonamides is 1. The molecule has 0 saturated carbocycles. The van der Waals surface area contributed by atoms with Crippen molar-refractivity contribution in [2.24, 2.45) is 5.14 Å². The maximum atomic E-state index is 11.6. The van der Waals surface area contributed by atoms with Gasteiger partial charge in [0, 0.05) is 18.4 Å². The van der Waals surface area contributed by atoms with E-state index in [9.17, 15) is 16.8 Å². The van der Waals surface area contributed by atoms with Gasteiger partial charge in [0.25, 0.3) is 15.2 Å². The number of hydrogen-bond donors (Lipinski definition) is 1. The largest absolute Gasteiger partial charge is 0.297 e. The van der Waals surface area contributed by atoms with Gasteiger partial charge in [0.15, 0.2) is 15.7 Å². The fourth-order valence-corrected chi connectivity index (χ4v) is 3.21. The second kappa shape index (κ2) is 5.20. The van der Waals surface area contributed by atoms with Crippen LogP contribution in [0.25, 0.3) is 11.4 Å². The van der Waals surface area contributed by atoms with Crippen LogP contribution >= 0.6 is 0 Å². The van der Waals surface area contributed by atoms with E-state index in [0.717, 1.165) is 6.26 Å². The Morgan fingerprint density at radius 3 is 2.38 bits per heavy atom. The van der Waals surface area contributed by atoms with Gasteiger partial charge in [-0.15, -0.1) is 10.2 Å². The lowest BCUT2D eigenvalue weighted by atomic mass is 10.2. The summed E-state index contributed by atoms with van der Waals surface area (Å²) in [6.45, 7) is 1.99. The van der Waals surface area contributed by atoms with Crippen molar-refractivity contribution < 1.29 is 16.8 Å². The van der Waals surface area contributed by atoms with Gasteiger partial charge in [-0.25, -0.2) is 22.0 Å². The van der Waals surface area contributed by atoms with Gasteiger partial charge in [0.2, 0.25) is 0 Å². The van der Waals surface area contributed by atoms with E-state index < -0.39 is 19.9 Å². The number of sulfonamides is 1. The summed E-state index contributed by atoms with van der Waals surface area (Å²) in [4.78, 5) is 0.114. The highest BCUT2D eigenvalue weighted by Crippen LogP contribution is 2.22. The molecular formula is C11H14N4O4S2. The first-order valence-electron chi connectivity index (χ1n) is 5.91. The zero-order valence-electron chi connectivity index (χ0n) is 11.4. The minimum absolute atomic E-state index is 0.114. The summed E-state index contributed by atoms with van der Waals surface area (Å²) in [7, 11) is -7.38. The molecule has 0 bridgehead atoms. The summed E-state index contributed by atoms with van der Waals surface area (Å²) in [6, 6.07) is 6.04. The van der Waals surface area contributed by atoms with Crippen LogP contribution in [0.2, 0.25) is 0 Å². The minimum atomic E-state index is -4.00. The number of nitrogens with two attached hydrogens (primary N) is 1. The van der Waals surface area contributed by atoms with E-state index in [-0.39, 0.29) is 22.4 Å². The van der Waals surface area contributed by atoms with Gasteiger partial charge in [0.05, 0.1) is 4.90 Å². The molecule has 8 nitrogen and oxygen atoms in total. The molecule has 1 aromatic carbocycles. The highest BCUT2D eigenvalue weighted by Gasteiger charge is 2.21. The molecule has 0 aliphatic carbocycles. The molecule has 0 unspecified atom stereocenters. The predicted octanol–water partition coefficient (Wildman–Crippen LogP) is 0.0159. The standard InChI is InChI=1S/C11H14N4O4S2/c1-3-15-10(13-14-11(15)21(12,18)19)8-5-4-6-9(7-8)20(2,16)17/h4-7H,3H2,1-2H3,(H2,12,18,19). The topological polar surface area (TPSA) is 125 Å². The van der Waals surface area contributed by atoms with Gasteiger partial charge < -0.3 is 0 Å². The fraction of sp³-hybridized carbons (Fsp3) is 0.273. The third-order valence-electron chi connectivity index (χ3n) is 2.81. The van der Waals surface area contributed by atoms with Gasteiger partial charge >= 0.3 is 0 Å². The molecule has 0 amide bonds. The molecule has 0 saturated heterocycles. The fourth-order valence-electron chi connectivity index (χ4n) is 1.86. The predicted molar refractivity (Wildman–Crippen MR) is 75.6 cm³/mol. The summed E-state index contributed by atoms with van der Waals surface area (Å²) in [5.74, 6) is 0.243. The number of sulfone groups is 1. The molecular weight excluding hydrogens is 316 g/mol. The number of benzene rings is 1. The monoisotopic (exact) mass is 330 g/mol. The molecule has 2 N–H and O–H groups in total. The molecule has 0 atom stereocenters. The first kappa shape index (κ1) is 15.6. The van der Waals surface area contributed by atoms with Crippen LogP contribution in [0.3, 0.4) is 0 Å². The van der Waals surface area contributed by atoms with E-state index in [0.29, 0.717) is 5.56 Å². The van der Waals surface area contributed by atoms with Gasteiger partial charge in [-0.3, -0.25) is 4.57 Å². The van der Waals surface area contributed by atoms with Crippen molar-refractivity contribution >= 4 is 19.9 Å². The Hall–Kier alpha value is -1.78. The van der Waals surface area contributed by atoms with Gasteiger partial charge in [-0.1, -0.05) is 12.1 Å². The van der Waals surface area contributed by atoms with Crippen LogP contribution in [0.15, 0.2) is 34.3 Å². The Balaban J connectivity index is 2.66. The van der Waals surface area contributed by atoms with Gasteiger partial charge in [-0.05, 0) is 19.1 Å². The highest BCUT2D eigenvalue weighted by atomic mass is 32.2. The molecule has 114 valence electrons. The van der Waals surface area contributed by atoms with Crippen molar-refractivity contribution in [1.82, 2.24) is 14.8 Å². The zero-order chi connectivity index (χ0) is 15.8. The second-order valence-corrected chi connectivity index (χ2v) is 7.87. The Morgan fingerprint density at radius 1 is 1.19 bits per heavy atom. The van der Waals surface area contributed by atoms with Gasteiger partial charge in [-0.2, -0.15) is 0 Å². The molecule has 1 aromatic heterocycles. The molecule has 2 aromatic rings. The normalized spacial score (nSPS) is 12.5. The lowest BCUT2D eigenvalue weighted by Gasteiger charge is -2.07. The Kier molecular flexibility index (Phi) is 3.87. The smallest absolute Gasteiger partial charge is 0.273 e. The van der Waals surface area contributed by atoms with Crippen molar-refractivity contribution in [3.8, 4) is 11.4 Å². The maximum Gasteiger partial charge on any atom is 0.273 e. The average Bonchev–Trinajstić information content (AvgIpc) is 2.81. The van der Waals surface area contributed by atoms with E-state index >= 15 is 0 Å². The van der Waals surface area contributed by atoms with E-state index in [2.05, 4.69) is 10.2 Å². The maximum absolute atomic E-state index is 11.6. The molecule has 10 heteroatoms. The number of nitrogens with zero attached hydrogens (tertiary/aromatic N) is 3. The number of rotatable bonds is 4. The summed E-state index contributed by atoms with van der Waals surface area (Å²) in [6.07, 6.45) is 1.09. The summed E-state index contributed by atoms with van der Waals surface area (Å²) in [5.41, 5.74) is 0.446. The lowest BCUT2D eigenvalue weighted by molar-refractivity contribution is 0.570. The molecule has 0 aliphatic rings. The van der Waals surface area contributed by atoms with Crippen molar-refractivity contribution in [3.05, 3.63) is 24.3 Å². The average molecular weight is 330 g/mol. The SMILES string of the molecule is CCn1c(-c2cccc(S(C)(=O)=O)c2)nnc1S(N)(=O)=O. The lowest BCUT2D eigenvalue weighted by Crippen LogP contribution is -2.18. The van der Waals surface area contributed by atoms with Crippen molar-refractivity contribution in [1.29, 1.82) is 0 Å². The van der Waals surface area contributed by atoms with Gasteiger partial charge in [0.1, 0.15) is 0 Å². The Morgan fingerprint density at radius 2 is 1.86 bits per heavy atom. The second-order valence-electron chi connectivity index (χ2n) is 4.40. The van der Waals surface area contributed by atoms with Crippen LogP contribution in [0, 0.1) is 0 Å². The summed E-state index contributed by atoms with van der Waals surface area (Å²) < 4.78 is 47.4. The Labute approximate surface area is 122 Å². The first-order chi connectivity index (χ1) is 9.64. The van der Waals surface area contributed by atoms with Crippen LogP contribution < -0.4 is 5.14 Å². The summed E-state index contributed by atoms with van der Waals surface area (Å²) >= 11 is 0. The first-order valence-corrected chi connectivity index (χ1v) is 9.35. The summed E-state index contributed by atoms with van der Waals surface area (Å²) in [5, 5.41) is 12.1. The van der Waals surface area contributed by atoms with Crippen LogP contribution in [0.1, 0.15) is 6.92 Å². The molecule has 0 spiro atoms. The van der Waals surface area contributed by atoms with E-state index in [4.69, 9.17) is 5.14 Å². The zero-order valence-corrected chi connectivity index (χ0v) is 13.0. The van der Waals surface area contributed by atoms with E-state index in [1.54, 1.807) is 19.1 Å². The molecule has 0 radical (unpaired) electrons. The van der Waals surface area contributed by atoms with Crippen LogP contribution in [0.5, 0.6) is 0 Å².